The van der Waals surface area contributed by atoms with E-state index >= 15 is 0 Å². The van der Waals surface area contributed by atoms with Gasteiger partial charge in [0.05, 0.1) is 12.2 Å². The lowest BCUT2D eigenvalue weighted by Gasteiger charge is -2.31. The molecule has 0 bridgehead atoms. The minimum atomic E-state index is -0.0471. The molecule has 0 aliphatic carbocycles. The number of hydrogen-bond acceptors (Lipinski definition) is 5. The first-order valence-corrected chi connectivity index (χ1v) is 8.99. The van der Waals surface area contributed by atoms with E-state index in [-0.39, 0.29) is 11.0 Å². The third kappa shape index (κ3) is 4.72. The first-order valence-electron chi connectivity index (χ1n) is 8.99. The zero-order chi connectivity index (χ0) is 17.9. The summed E-state index contributed by atoms with van der Waals surface area (Å²) in [6.45, 7) is 9.88. The van der Waals surface area contributed by atoms with Crippen molar-refractivity contribution >= 4 is 0 Å². The van der Waals surface area contributed by atoms with Crippen LogP contribution in [-0.4, -0.2) is 37.7 Å². The molecule has 1 aliphatic rings. The number of nitrogens with zero attached hydrogens (tertiary/aromatic N) is 5. The van der Waals surface area contributed by atoms with Crippen molar-refractivity contribution in [2.45, 2.75) is 52.1 Å². The number of rotatable bonds is 4. The fraction of sp³-hybridized carbons (Fsp3) is 0.579. The van der Waals surface area contributed by atoms with E-state index in [0.29, 0.717) is 12.5 Å². The predicted molar refractivity (Wildman–Crippen MR) is 97.2 cm³/mol. The van der Waals surface area contributed by atoms with E-state index in [4.69, 9.17) is 0 Å². The minimum Gasteiger partial charge on any atom is -0.296 e. The Labute approximate surface area is 148 Å². The molecule has 6 heteroatoms. The van der Waals surface area contributed by atoms with Crippen LogP contribution in [0.15, 0.2) is 35.4 Å². The molecule has 6 nitrogen and oxygen atoms in total. The average Bonchev–Trinajstić information content (AvgIpc) is 2.58. The largest absolute Gasteiger partial charge is 0.296 e. The Morgan fingerprint density at radius 1 is 1.12 bits per heavy atom. The molecule has 0 spiro atoms. The summed E-state index contributed by atoms with van der Waals surface area (Å²) < 4.78 is 1.65. The van der Waals surface area contributed by atoms with Gasteiger partial charge < -0.3 is 0 Å². The maximum absolute atomic E-state index is 12.2. The van der Waals surface area contributed by atoms with Gasteiger partial charge in [-0.25, -0.2) is 14.6 Å². The molecule has 2 aromatic heterocycles. The molecular formula is C19H27N5O. The van der Waals surface area contributed by atoms with Crippen molar-refractivity contribution in [2.75, 3.05) is 13.1 Å². The van der Waals surface area contributed by atoms with Crippen LogP contribution in [0.1, 0.15) is 45.1 Å². The molecule has 0 N–H and O–H groups in total. The molecular weight excluding hydrogens is 314 g/mol. The van der Waals surface area contributed by atoms with Crippen molar-refractivity contribution in [3.8, 4) is 0 Å². The van der Waals surface area contributed by atoms with Crippen molar-refractivity contribution in [2.24, 2.45) is 5.92 Å². The van der Waals surface area contributed by atoms with Crippen molar-refractivity contribution in [3.63, 3.8) is 0 Å². The van der Waals surface area contributed by atoms with Gasteiger partial charge in [-0.3, -0.25) is 9.69 Å². The zero-order valence-electron chi connectivity index (χ0n) is 15.4. The highest BCUT2D eigenvalue weighted by atomic mass is 16.1. The molecule has 2 aromatic rings. The van der Waals surface area contributed by atoms with Gasteiger partial charge in [0.15, 0.2) is 0 Å². The fourth-order valence-corrected chi connectivity index (χ4v) is 3.16. The molecule has 0 saturated carbocycles. The molecule has 0 amide bonds. The number of likely N-dealkylation sites (tertiary alicyclic amines) is 1. The molecule has 1 fully saturated rings. The van der Waals surface area contributed by atoms with Crippen LogP contribution in [0.2, 0.25) is 0 Å². The topological polar surface area (TPSA) is 63.9 Å². The summed E-state index contributed by atoms with van der Waals surface area (Å²) in [5.41, 5.74) is 0.910. The third-order valence-electron chi connectivity index (χ3n) is 4.76. The van der Waals surface area contributed by atoms with Crippen LogP contribution in [0.5, 0.6) is 0 Å². The Kier molecular flexibility index (Phi) is 5.27. The van der Waals surface area contributed by atoms with Crippen LogP contribution >= 0.6 is 0 Å². The normalized spacial score (nSPS) is 16.9. The predicted octanol–water partition coefficient (Wildman–Crippen LogP) is 2.24. The Bertz CT molecular complexity index is 742. The molecule has 1 saturated heterocycles. The Morgan fingerprint density at radius 2 is 1.80 bits per heavy atom. The van der Waals surface area contributed by atoms with E-state index < -0.39 is 0 Å². The van der Waals surface area contributed by atoms with Gasteiger partial charge in [-0.05, 0) is 44.0 Å². The standard InChI is InChI=1S/C19H27N5O/c1-19(2,3)16-5-6-18(25)24(22-16)13-15-7-11-23(12-8-15)14-17-20-9-4-10-21-17/h4-6,9-10,15H,7-8,11-14H2,1-3H3. The quantitative estimate of drug-likeness (QED) is 0.853. The van der Waals surface area contributed by atoms with E-state index in [1.165, 1.54) is 0 Å². The Balaban J connectivity index is 1.58. The highest BCUT2D eigenvalue weighted by molar-refractivity contribution is 5.10. The maximum atomic E-state index is 12.2. The van der Waals surface area contributed by atoms with E-state index in [1.807, 2.05) is 12.1 Å². The fourth-order valence-electron chi connectivity index (χ4n) is 3.16. The zero-order valence-corrected chi connectivity index (χ0v) is 15.4. The second kappa shape index (κ2) is 7.44. The molecule has 0 aromatic carbocycles. The van der Waals surface area contributed by atoms with Crippen molar-refractivity contribution in [1.29, 1.82) is 0 Å². The summed E-state index contributed by atoms with van der Waals surface area (Å²) in [5.74, 6) is 1.37. The summed E-state index contributed by atoms with van der Waals surface area (Å²) in [6, 6.07) is 5.34. The summed E-state index contributed by atoms with van der Waals surface area (Å²) >= 11 is 0. The van der Waals surface area contributed by atoms with Crippen LogP contribution in [-0.2, 0) is 18.5 Å². The first-order chi connectivity index (χ1) is 11.9. The highest BCUT2D eigenvalue weighted by Gasteiger charge is 2.22. The van der Waals surface area contributed by atoms with Gasteiger partial charge >= 0.3 is 0 Å². The van der Waals surface area contributed by atoms with Crippen LogP contribution in [0, 0.1) is 5.92 Å². The molecule has 1 aliphatic heterocycles. The van der Waals surface area contributed by atoms with Crippen LogP contribution in [0.25, 0.3) is 0 Å². The van der Waals surface area contributed by atoms with Crippen LogP contribution < -0.4 is 5.56 Å². The number of piperidine rings is 1. The number of hydrogen-bond donors (Lipinski definition) is 0. The van der Waals surface area contributed by atoms with E-state index in [1.54, 1.807) is 23.1 Å². The van der Waals surface area contributed by atoms with E-state index in [2.05, 4.69) is 40.7 Å². The maximum Gasteiger partial charge on any atom is 0.266 e. The lowest BCUT2D eigenvalue weighted by atomic mass is 9.92. The van der Waals surface area contributed by atoms with Gasteiger partial charge in [0.25, 0.3) is 5.56 Å². The average molecular weight is 341 g/mol. The lowest BCUT2D eigenvalue weighted by Crippen LogP contribution is -2.37. The van der Waals surface area contributed by atoms with Crippen LogP contribution in [0.4, 0.5) is 0 Å². The summed E-state index contributed by atoms with van der Waals surface area (Å²) in [7, 11) is 0. The van der Waals surface area contributed by atoms with Crippen molar-refractivity contribution in [3.05, 3.63) is 52.5 Å². The molecule has 0 atom stereocenters. The molecule has 0 radical (unpaired) electrons. The Hall–Kier alpha value is -2.08. The molecule has 134 valence electrons. The molecule has 0 unspecified atom stereocenters. The van der Waals surface area contributed by atoms with Gasteiger partial charge in [-0.2, -0.15) is 5.10 Å². The second-order valence-electron chi connectivity index (χ2n) is 7.87. The minimum absolute atomic E-state index is 0.00637. The first kappa shape index (κ1) is 17.7. The monoisotopic (exact) mass is 341 g/mol. The lowest BCUT2D eigenvalue weighted by molar-refractivity contribution is 0.160. The Morgan fingerprint density at radius 3 is 2.44 bits per heavy atom. The highest BCUT2D eigenvalue weighted by Crippen LogP contribution is 2.21. The van der Waals surface area contributed by atoms with Gasteiger partial charge in [0.2, 0.25) is 0 Å². The molecule has 3 rings (SSSR count). The van der Waals surface area contributed by atoms with Gasteiger partial charge in [0, 0.05) is 30.4 Å². The van der Waals surface area contributed by atoms with Crippen LogP contribution in [0.3, 0.4) is 0 Å². The number of aromatic nitrogens is 4. The molecule has 3 heterocycles. The molecule has 25 heavy (non-hydrogen) atoms. The van der Waals surface area contributed by atoms with E-state index in [0.717, 1.165) is 44.0 Å². The van der Waals surface area contributed by atoms with Gasteiger partial charge in [-0.1, -0.05) is 20.8 Å². The summed E-state index contributed by atoms with van der Waals surface area (Å²) in [4.78, 5) is 23.1. The van der Waals surface area contributed by atoms with Gasteiger partial charge in [0.1, 0.15) is 5.82 Å². The van der Waals surface area contributed by atoms with Gasteiger partial charge in [-0.15, -0.1) is 0 Å². The SMILES string of the molecule is CC(C)(C)c1ccc(=O)n(CC2CCN(Cc3ncccn3)CC2)n1. The van der Waals surface area contributed by atoms with Crippen molar-refractivity contribution < 1.29 is 0 Å². The third-order valence-corrected chi connectivity index (χ3v) is 4.76. The smallest absolute Gasteiger partial charge is 0.266 e. The second-order valence-corrected chi connectivity index (χ2v) is 7.87. The summed E-state index contributed by atoms with van der Waals surface area (Å²) in [6.07, 6.45) is 5.71. The van der Waals surface area contributed by atoms with E-state index in [9.17, 15) is 4.79 Å². The summed E-state index contributed by atoms with van der Waals surface area (Å²) in [5, 5.41) is 4.59. The van der Waals surface area contributed by atoms with Crippen molar-refractivity contribution in [1.82, 2.24) is 24.6 Å².